The fourth-order valence-electron chi connectivity index (χ4n) is 3.47. The van der Waals surface area contributed by atoms with Crippen LogP contribution in [0.3, 0.4) is 0 Å². The number of nitrogens with zero attached hydrogens (tertiary/aromatic N) is 2. The van der Waals surface area contributed by atoms with Gasteiger partial charge in [0.05, 0.1) is 25.5 Å². The maximum Gasteiger partial charge on any atom is 0.409 e. The molecule has 2 heterocycles. The summed E-state index contributed by atoms with van der Waals surface area (Å²) in [6, 6.07) is 9.19. The molecule has 2 aromatic rings. The Balaban J connectivity index is 1.69. The molecule has 3 rings (SSSR count). The number of nitrogens with two attached hydrogens (primary N) is 1. The van der Waals surface area contributed by atoms with Gasteiger partial charge in [-0.1, -0.05) is 0 Å². The molecular formula is C21H27N5O4. The van der Waals surface area contributed by atoms with Gasteiger partial charge < -0.3 is 30.7 Å². The molecule has 1 fully saturated rings. The summed E-state index contributed by atoms with van der Waals surface area (Å²) in [4.78, 5) is 29.6. The van der Waals surface area contributed by atoms with Crippen molar-refractivity contribution in [2.75, 3.05) is 44.5 Å². The fraction of sp³-hybridized carbons (Fsp3) is 0.381. The first-order valence-electron chi connectivity index (χ1n) is 9.78. The number of piperidine rings is 1. The van der Waals surface area contributed by atoms with Gasteiger partial charge in [0.25, 0.3) is 5.91 Å². The molecule has 1 aliphatic heterocycles. The molecule has 0 spiro atoms. The molecule has 0 aliphatic carbocycles. The summed E-state index contributed by atoms with van der Waals surface area (Å²) in [5.41, 5.74) is 7.27. The average Bonchev–Trinajstić information content (AvgIpc) is 2.77. The number of rotatable bonds is 7. The molecule has 9 nitrogen and oxygen atoms in total. The number of benzene rings is 1. The van der Waals surface area contributed by atoms with Crippen molar-refractivity contribution in [2.24, 2.45) is 11.7 Å². The zero-order valence-corrected chi connectivity index (χ0v) is 17.2. The van der Waals surface area contributed by atoms with E-state index in [0.717, 1.165) is 24.3 Å². The Morgan fingerprint density at radius 2 is 2.03 bits per heavy atom. The molecule has 1 aromatic carbocycles. The smallest absolute Gasteiger partial charge is 0.409 e. The number of hydrogen-bond donors (Lipinski definition) is 3. The molecule has 0 saturated carbocycles. The van der Waals surface area contributed by atoms with E-state index < -0.39 is 5.91 Å². The lowest BCUT2D eigenvalue weighted by Gasteiger charge is -2.32. The van der Waals surface area contributed by atoms with Crippen molar-refractivity contribution in [2.45, 2.75) is 12.8 Å². The highest BCUT2D eigenvalue weighted by molar-refractivity contribution is 5.98. The minimum Gasteiger partial charge on any atom is -0.497 e. The van der Waals surface area contributed by atoms with Crippen LogP contribution in [-0.4, -0.2) is 55.7 Å². The number of ether oxygens (including phenoxy) is 2. The van der Waals surface area contributed by atoms with Crippen LogP contribution in [0.25, 0.3) is 0 Å². The normalized spacial score (nSPS) is 15.9. The predicted octanol–water partition coefficient (Wildman–Crippen LogP) is 2.82. The van der Waals surface area contributed by atoms with Crippen molar-refractivity contribution in [3.05, 3.63) is 42.1 Å². The first-order chi connectivity index (χ1) is 14.5. The van der Waals surface area contributed by atoms with Gasteiger partial charge in [0.15, 0.2) is 0 Å². The van der Waals surface area contributed by atoms with Gasteiger partial charge in [-0.2, -0.15) is 0 Å². The van der Waals surface area contributed by atoms with Gasteiger partial charge in [-0.3, -0.25) is 4.79 Å². The monoisotopic (exact) mass is 413 g/mol. The van der Waals surface area contributed by atoms with E-state index >= 15 is 0 Å². The van der Waals surface area contributed by atoms with Gasteiger partial charge in [-0.05, 0) is 43.0 Å². The molecule has 4 N–H and O–H groups in total. The van der Waals surface area contributed by atoms with Crippen molar-refractivity contribution in [3.8, 4) is 5.75 Å². The second-order valence-corrected chi connectivity index (χ2v) is 7.14. The highest BCUT2D eigenvalue weighted by Crippen LogP contribution is 2.24. The van der Waals surface area contributed by atoms with E-state index in [-0.39, 0.29) is 12.0 Å². The lowest BCUT2D eigenvalue weighted by Crippen LogP contribution is -2.41. The standard InChI is InChI=1S/C21H27N5O4/c1-29-16-7-5-15(6-8-16)25-19-10-18(17(12-24-19)20(22)27)23-11-14-4-3-9-26(13-14)21(28)30-2/h5-8,10,12,14H,3-4,9,11,13H2,1-2H3,(H2,22,27)(H2,23,24,25)/t14-/m0/s1. The number of methoxy groups -OCH3 is 2. The van der Waals surface area contributed by atoms with Gasteiger partial charge in [0.2, 0.25) is 0 Å². The zero-order valence-electron chi connectivity index (χ0n) is 17.2. The highest BCUT2D eigenvalue weighted by Gasteiger charge is 2.24. The topological polar surface area (TPSA) is 119 Å². The molecular weight excluding hydrogens is 386 g/mol. The number of anilines is 3. The Kier molecular flexibility index (Phi) is 6.95. The minimum atomic E-state index is -0.555. The van der Waals surface area contributed by atoms with Crippen LogP contribution in [0.1, 0.15) is 23.2 Å². The lowest BCUT2D eigenvalue weighted by atomic mass is 9.98. The molecule has 1 saturated heterocycles. The van der Waals surface area contributed by atoms with Crippen molar-refractivity contribution >= 4 is 29.2 Å². The Morgan fingerprint density at radius 3 is 2.70 bits per heavy atom. The van der Waals surface area contributed by atoms with Crippen LogP contribution < -0.4 is 21.1 Å². The lowest BCUT2D eigenvalue weighted by molar-refractivity contribution is 0.100. The van der Waals surface area contributed by atoms with Crippen LogP contribution in [-0.2, 0) is 4.74 Å². The number of primary amides is 1. The van der Waals surface area contributed by atoms with E-state index in [1.807, 2.05) is 24.3 Å². The Hall–Kier alpha value is -3.49. The summed E-state index contributed by atoms with van der Waals surface area (Å²) >= 11 is 0. The first-order valence-corrected chi connectivity index (χ1v) is 9.78. The quantitative estimate of drug-likeness (QED) is 0.638. The second kappa shape index (κ2) is 9.82. The molecule has 160 valence electrons. The van der Waals surface area contributed by atoms with Crippen LogP contribution in [0, 0.1) is 5.92 Å². The first kappa shape index (κ1) is 21.2. The number of likely N-dealkylation sites (tertiary alicyclic amines) is 1. The third kappa shape index (κ3) is 5.31. The highest BCUT2D eigenvalue weighted by atomic mass is 16.5. The molecule has 1 aliphatic rings. The van der Waals surface area contributed by atoms with E-state index in [2.05, 4.69) is 15.6 Å². The maximum absolute atomic E-state index is 11.8. The zero-order chi connectivity index (χ0) is 21.5. The molecule has 9 heteroatoms. The molecule has 1 atom stereocenters. The summed E-state index contributed by atoms with van der Waals surface area (Å²) in [5, 5.41) is 6.51. The number of pyridine rings is 1. The molecule has 0 bridgehead atoms. The van der Waals surface area contributed by atoms with E-state index in [9.17, 15) is 9.59 Å². The van der Waals surface area contributed by atoms with Gasteiger partial charge in [0, 0.05) is 37.6 Å². The average molecular weight is 413 g/mol. The predicted molar refractivity (Wildman–Crippen MR) is 114 cm³/mol. The number of carbonyl (C=O) groups excluding carboxylic acids is 2. The van der Waals surface area contributed by atoms with Crippen molar-refractivity contribution in [1.82, 2.24) is 9.88 Å². The summed E-state index contributed by atoms with van der Waals surface area (Å²) in [7, 11) is 3.00. The summed E-state index contributed by atoms with van der Waals surface area (Å²) < 4.78 is 9.98. The van der Waals surface area contributed by atoms with Crippen LogP contribution >= 0.6 is 0 Å². The molecule has 0 unspecified atom stereocenters. The minimum absolute atomic E-state index is 0.240. The summed E-state index contributed by atoms with van der Waals surface area (Å²) in [6.45, 7) is 1.90. The number of amides is 2. The number of hydrogen-bond acceptors (Lipinski definition) is 7. The third-order valence-electron chi connectivity index (χ3n) is 5.06. The van der Waals surface area contributed by atoms with Gasteiger partial charge in [0.1, 0.15) is 11.6 Å². The Bertz CT molecular complexity index is 887. The van der Waals surface area contributed by atoms with E-state index in [1.165, 1.54) is 13.3 Å². The van der Waals surface area contributed by atoms with Crippen molar-refractivity contribution in [3.63, 3.8) is 0 Å². The maximum atomic E-state index is 11.8. The molecule has 30 heavy (non-hydrogen) atoms. The van der Waals surface area contributed by atoms with Gasteiger partial charge >= 0.3 is 6.09 Å². The fourth-order valence-corrected chi connectivity index (χ4v) is 3.47. The Morgan fingerprint density at radius 1 is 1.27 bits per heavy atom. The second-order valence-electron chi connectivity index (χ2n) is 7.14. The van der Waals surface area contributed by atoms with Crippen molar-refractivity contribution in [1.29, 1.82) is 0 Å². The van der Waals surface area contributed by atoms with Crippen LogP contribution in [0.2, 0.25) is 0 Å². The summed E-state index contributed by atoms with van der Waals surface area (Å²) in [5.74, 6) is 1.02. The summed E-state index contributed by atoms with van der Waals surface area (Å²) in [6.07, 6.45) is 3.03. The van der Waals surface area contributed by atoms with E-state index in [1.54, 1.807) is 18.1 Å². The van der Waals surface area contributed by atoms with Crippen LogP contribution in [0.15, 0.2) is 36.5 Å². The molecule has 1 aromatic heterocycles. The molecule has 2 amide bonds. The number of aromatic nitrogens is 1. The van der Waals surface area contributed by atoms with Gasteiger partial charge in [-0.15, -0.1) is 0 Å². The number of carbonyl (C=O) groups is 2. The van der Waals surface area contributed by atoms with Gasteiger partial charge in [-0.25, -0.2) is 9.78 Å². The van der Waals surface area contributed by atoms with Crippen molar-refractivity contribution < 1.29 is 19.1 Å². The van der Waals surface area contributed by atoms with Crippen LogP contribution in [0.5, 0.6) is 5.75 Å². The SMILES string of the molecule is COC(=O)N1CCC[C@@H](CNc2cc(Nc3ccc(OC)cc3)ncc2C(N)=O)C1. The number of nitrogens with one attached hydrogen (secondary N) is 2. The Labute approximate surface area is 175 Å². The van der Waals surface area contributed by atoms with Crippen LogP contribution in [0.4, 0.5) is 22.0 Å². The van der Waals surface area contributed by atoms with E-state index in [4.69, 9.17) is 15.2 Å². The largest absolute Gasteiger partial charge is 0.497 e. The van der Waals surface area contributed by atoms with E-state index in [0.29, 0.717) is 36.7 Å². The molecule has 0 radical (unpaired) electrons. The third-order valence-corrected chi connectivity index (χ3v) is 5.06.